The van der Waals surface area contributed by atoms with Gasteiger partial charge < -0.3 is 20.9 Å². The van der Waals surface area contributed by atoms with Crippen molar-refractivity contribution < 1.29 is 9.59 Å². The van der Waals surface area contributed by atoms with Gasteiger partial charge in [0.1, 0.15) is 11.7 Å². The van der Waals surface area contributed by atoms with Crippen LogP contribution in [-0.2, 0) is 4.79 Å². The van der Waals surface area contributed by atoms with Crippen LogP contribution in [0.15, 0.2) is 24.3 Å². The van der Waals surface area contributed by atoms with E-state index in [4.69, 9.17) is 5.73 Å². The number of rotatable bonds is 2. The van der Waals surface area contributed by atoms with E-state index >= 15 is 0 Å². The van der Waals surface area contributed by atoms with E-state index in [1.54, 1.807) is 30.1 Å². The number of fused-ring (bicyclic) bond motifs is 1. The molecule has 1 aliphatic heterocycles. The third-order valence-electron chi connectivity index (χ3n) is 3.62. The molecule has 3 rings (SSSR count). The average Bonchev–Trinajstić information content (AvgIpc) is 2.96. The second-order valence-corrected chi connectivity index (χ2v) is 5.10. The summed E-state index contributed by atoms with van der Waals surface area (Å²) in [7, 11) is 1.74. The van der Waals surface area contributed by atoms with Gasteiger partial charge in [-0.2, -0.15) is 0 Å². The van der Waals surface area contributed by atoms with E-state index in [9.17, 15) is 9.59 Å². The number of likely N-dealkylation sites (N-methyl/N-ethyl adjacent to an activating group) is 1. The highest BCUT2D eigenvalue weighted by atomic mass is 16.2. The van der Waals surface area contributed by atoms with Crippen molar-refractivity contribution >= 4 is 28.4 Å². The van der Waals surface area contributed by atoms with Crippen LogP contribution >= 0.6 is 0 Å². The van der Waals surface area contributed by atoms with Gasteiger partial charge in [0.05, 0.1) is 0 Å². The minimum Gasteiger partial charge on any atom is -0.399 e. The molecule has 2 aromatic rings. The normalized spacial score (nSPS) is 18.8. The molecule has 0 bridgehead atoms. The first-order valence-corrected chi connectivity index (χ1v) is 6.48. The van der Waals surface area contributed by atoms with Crippen LogP contribution in [0.1, 0.15) is 16.9 Å². The van der Waals surface area contributed by atoms with Crippen molar-refractivity contribution in [3.05, 3.63) is 30.0 Å². The topological polar surface area (TPSA) is 91.2 Å². The maximum atomic E-state index is 12.2. The third-order valence-corrected chi connectivity index (χ3v) is 3.62. The second-order valence-electron chi connectivity index (χ2n) is 5.10. The molecular weight excluding hydrogens is 256 g/mol. The Morgan fingerprint density at radius 3 is 2.95 bits per heavy atom. The molecular formula is C14H16N4O2. The zero-order valence-electron chi connectivity index (χ0n) is 11.1. The third kappa shape index (κ3) is 2.09. The van der Waals surface area contributed by atoms with Gasteiger partial charge in [-0.15, -0.1) is 0 Å². The smallest absolute Gasteiger partial charge is 0.268 e. The van der Waals surface area contributed by atoms with Crippen molar-refractivity contribution in [1.82, 2.24) is 15.2 Å². The molecule has 0 spiro atoms. The van der Waals surface area contributed by atoms with E-state index < -0.39 is 6.04 Å². The number of nitrogens with zero attached hydrogens (tertiary/aromatic N) is 1. The summed E-state index contributed by atoms with van der Waals surface area (Å²) in [6.07, 6.45) is 0.647. The van der Waals surface area contributed by atoms with E-state index in [0.29, 0.717) is 24.3 Å². The summed E-state index contributed by atoms with van der Waals surface area (Å²) in [6, 6.07) is 6.72. The van der Waals surface area contributed by atoms with Gasteiger partial charge in [0.15, 0.2) is 0 Å². The summed E-state index contributed by atoms with van der Waals surface area (Å²) in [5, 5.41) is 3.64. The first kappa shape index (κ1) is 12.5. The number of likely N-dealkylation sites (tertiary alicyclic amines) is 1. The van der Waals surface area contributed by atoms with Crippen molar-refractivity contribution in [2.75, 3.05) is 19.3 Å². The minimum absolute atomic E-state index is 0.0429. The number of hydrogen-bond acceptors (Lipinski definition) is 3. The summed E-state index contributed by atoms with van der Waals surface area (Å²) in [5.74, 6) is -0.313. The fraction of sp³-hybridized carbons (Fsp3) is 0.286. The number of carbonyl (C=O) groups is 2. The maximum Gasteiger partial charge on any atom is 0.268 e. The Bertz CT molecular complexity index is 692. The lowest BCUT2D eigenvalue weighted by molar-refractivity contribution is -0.128. The van der Waals surface area contributed by atoms with Crippen LogP contribution in [-0.4, -0.2) is 41.3 Å². The van der Waals surface area contributed by atoms with Gasteiger partial charge in [-0.1, -0.05) is 0 Å². The molecule has 1 saturated heterocycles. The first-order valence-electron chi connectivity index (χ1n) is 6.48. The lowest BCUT2D eigenvalue weighted by Gasteiger charge is -2.11. The standard InChI is InChI=1S/C14H16N4O2/c1-18-5-4-11(14(18)20)17-13(19)12-7-8-6-9(15)2-3-10(8)16-12/h2-3,6-7,11,16H,4-5,15H2,1H3,(H,17,19). The van der Waals surface area contributed by atoms with Crippen molar-refractivity contribution in [2.24, 2.45) is 0 Å². The van der Waals surface area contributed by atoms with Crippen LogP contribution in [0.5, 0.6) is 0 Å². The van der Waals surface area contributed by atoms with E-state index in [2.05, 4.69) is 10.3 Å². The maximum absolute atomic E-state index is 12.2. The number of carbonyl (C=O) groups excluding carboxylic acids is 2. The Hall–Kier alpha value is -2.50. The summed E-state index contributed by atoms with van der Waals surface area (Å²) in [6.45, 7) is 0.674. The largest absolute Gasteiger partial charge is 0.399 e. The monoisotopic (exact) mass is 272 g/mol. The number of nitrogens with one attached hydrogen (secondary N) is 2. The van der Waals surface area contributed by atoms with Gasteiger partial charge in [0.2, 0.25) is 5.91 Å². The predicted octanol–water partition coefficient (Wildman–Crippen LogP) is 0.711. The Morgan fingerprint density at radius 1 is 1.45 bits per heavy atom. The Labute approximate surface area is 115 Å². The molecule has 1 aromatic heterocycles. The van der Waals surface area contributed by atoms with Gasteiger partial charge in [0.25, 0.3) is 5.91 Å². The quantitative estimate of drug-likeness (QED) is 0.703. The summed E-state index contributed by atoms with van der Waals surface area (Å²) in [5.41, 5.74) is 7.64. The minimum atomic E-state index is -0.427. The Kier molecular flexibility index (Phi) is 2.85. The van der Waals surface area contributed by atoms with Crippen LogP contribution in [0.25, 0.3) is 10.9 Å². The van der Waals surface area contributed by atoms with E-state index in [-0.39, 0.29) is 11.8 Å². The summed E-state index contributed by atoms with van der Waals surface area (Å²) in [4.78, 5) is 28.6. The van der Waals surface area contributed by atoms with Crippen LogP contribution in [0, 0.1) is 0 Å². The summed E-state index contributed by atoms with van der Waals surface area (Å²) < 4.78 is 0. The molecule has 1 unspecified atom stereocenters. The summed E-state index contributed by atoms with van der Waals surface area (Å²) >= 11 is 0. The lowest BCUT2D eigenvalue weighted by Crippen LogP contribution is -2.40. The van der Waals surface area contributed by atoms with Gasteiger partial charge >= 0.3 is 0 Å². The highest BCUT2D eigenvalue weighted by Gasteiger charge is 2.30. The molecule has 0 aliphatic carbocycles. The number of benzene rings is 1. The zero-order chi connectivity index (χ0) is 14.3. The van der Waals surface area contributed by atoms with Crippen molar-refractivity contribution in [2.45, 2.75) is 12.5 Å². The molecule has 1 atom stereocenters. The molecule has 6 nitrogen and oxygen atoms in total. The van der Waals surface area contributed by atoms with Crippen LogP contribution in [0.2, 0.25) is 0 Å². The molecule has 6 heteroatoms. The van der Waals surface area contributed by atoms with E-state index in [1.807, 2.05) is 6.07 Å². The average molecular weight is 272 g/mol. The zero-order valence-corrected chi connectivity index (χ0v) is 11.1. The molecule has 1 aliphatic rings. The number of aromatic amines is 1. The molecule has 2 amide bonds. The first-order chi connectivity index (χ1) is 9.54. The van der Waals surface area contributed by atoms with Crippen molar-refractivity contribution in [3.8, 4) is 0 Å². The SMILES string of the molecule is CN1CCC(NC(=O)c2cc3cc(N)ccc3[nH]2)C1=O. The van der Waals surface area contributed by atoms with Crippen LogP contribution in [0.3, 0.4) is 0 Å². The molecule has 0 radical (unpaired) electrons. The predicted molar refractivity (Wildman–Crippen MR) is 76.2 cm³/mol. The lowest BCUT2D eigenvalue weighted by atomic mass is 10.2. The number of hydrogen-bond donors (Lipinski definition) is 3. The van der Waals surface area contributed by atoms with Crippen LogP contribution < -0.4 is 11.1 Å². The van der Waals surface area contributed by atoms with Crippen LogP contribution in [0.4, 0.5) is 5.69 Å². The van der Waals surface area contributed by atoms with Gasteiger partial charge in [-0.05, 0) is 30.7 Å². The number of amides is 2. The van der Waals surface area contributed by atoms with E-state index in [0.717, 1.165) is 10.9 Å². The Morgan fingerprint density at radius 2 is 2.25 bits per heavy atom. The molecule has 0 saturated carbocycles. The number of H-pyrrole nitrogens is 1. The number of aromatic nitrogens is 1. The number of anilines is 1. The van der Waals surface area contributed by atoms with Gasteiger partial charge in [0, 0.05) is 30.2 Å². The van der Waals surface area contributed by atoms with Crippen molar-refractivity contribution in [3.63, 3.8) is 0 Å². The molecule has 20 heavy (non-hydrogen) atoms. The molecule has 2 heterocycles. The number of nitrogen functional groups attached to an aromatic ring is 1. The second kappa shape index (κ2) is 4.56. The molecule has 1 fully saturated rings. The number of nitrogens with two attached hydrogens (primary N) is 1. The molecule has 104 valence electrons. The Balaban J connectivity index is 1.80. The highest BCUT2D eigenvalue weighted by Crippen LogP contribution is 2.18. The van der Waals surface area contributed by atoms with E-state index in [1.165, 1.54) is 0 Å². The molecule has 4 N–H and O–H groups in total. The molecule has 1 aromatic carbocycles. The van der Waals surface area contributed by atoms with Crippen molar-refractivity contribution in [1.29, 1.82) is 0 Å². The highest BCUT2D eigenvalue weighted by molar-refractivity contribution is 6.00. The fourth-order valence-corrected chi connectivity index (χ4v) is 2.47. The fourth-order valence-electron chi connectivity index (χ4n) is 2.47. The van der Waals surface area contributed by atoms with Gasteiger partial charge in [-0.25, -0.2) is 0 Å². The van der Waals surface area contributed by atoms with Gasteiger partial charge in [-0.3, -0.25) is 9.59 Å².